The van der Waals surface area contributed by atoms with Gasteiger partial charge >= 0.3 is 0 Å². The van der Waals surface area contributed by atoms with Gasteiger partial charge in [0.2, 0.25) is 0 Å². The van der Waals surface area contributed by atoms with Gasteiger partial charge in [0, 0.05) is 18.0 Å². The van der Waals surface area contributed by atoms with E-state index in [-0.39, 0.29) is 6.04 Å². The Hall–Kier alpha value is -2.44. The Morgan fingerprint density at radius 1 is 1.03 bits per heavy atom. The normalized spacial score (nSPS) is 26.2. The predicted molar refractivity (Wildman–Crippen MR) is 115 cm³/mol. The molecule has 4 atom stereocenters. The molecule has 0 bridgehead atoms. The molecule has 0 amide bonds. The minimum atomic E-state index is -0.949. The number of ether oxygens (including phenoxy) is 1. The molecule has 6 heteroatoms. The fourth-order valence-electron chi connectivity index (χ4n) is 5.31. The Balaban J connectivity index is 1.47. The summed E-state index contributed by atoms with van der Waals surface area (Å²) >= 11 is 0. The van der Waals surface area contributed by atoms with Gasteiger partial charge < -0.3 is 19.5 Å². The number of aryl methyl sites for hydroxylation is 4. The van der Waals surface area contributed by atoms with Crippen LogP contribution in [-0.4, -0.2) is 43.1 Å². The minimum absolute atomic E-state index is 0.295. The number of fused-ring (bicyclic) bond motifs is 2. The summed E-state index contributed by atoms with van der Waals surface area (Å²) in [6.45, 7) is 6.08. The monoisotopic (exact) mass is 407 g/mol. The van der Waals surface area contributed by atoms with Gasteiger partial charge in [-0.25, -0.2) is 9.97 Å². The van der Waals surface area contributed by atoms with E-state index in [1.54, 1.807) is 6.33 Å². The molecule has 0 radical (unpaired) electrons. The van der Waals surface area contributed by atoms with Gasteiger partial charge in [-0.1, -0.05) is 6.07 Å². The molecule has 2 aliphatic carbocycles. The maximum atomic E-state index is 10.9. The van der Waals surface area contributed by atoms with E-state index in [1.165, 1.54) is 29.5 Å². The first-order valence-electron chi connectivity index (χ1n) is 10.9. The number of hydrogen-bond donors (Lipinski definition) is 2. The lowest BCUT2D eigenvalue weighted by Gasteiger charge is -2.24. The van der Waals surface area contributed by atoms with E-state index in [1.807, 2.05) is 24.6 Å². The highest BCUT2D eigenvalue weighted by Crippen LogP contribution is 2.39. The number of nitrogens with zero attached hydrogens (tertiary/aromatic N) is 3. The van der Waals surface area contributed by atoms with Crippen molar-refractivity contribution in [1.29, 1.82) is 0 Å². The molecule has 2 aromatic heterocycles. The van der Waals surface area contributed by atoms with Crippen LogP contribution in [0.3, 0.4) is 0 Å². The van der Waals surface area contributed by atoms with E-state index in [0.29, 0.717) is 6.42 Å². The molecule has 6 nitrogen and oxygen atoms in total. The molecule has 0 spiro atoms. The minimum Gasteiger partial charge on any atom is -0.487 e. The van der Waals surface area contributed by atoms with E-state index in [4.69, 9.17) is 4.74 Å². The van der Waals surface area contributed by atoms with Crippen molar-refractivity contribution < 1.29 is 14.9 Å². The predicted octanol–water partition coefficient (Wildman–Crippen LogP) is 3.35. The van der Waals surface area contributed by atoms with Crippen LogP contribution in [0.5, 0.6) is 5.75 Å². The Bertz CT molecular complexity index is 1110. The van der Waals surface area contributed by atoms with Crippen LogP contribution in [0.2, 0.25) is 0 Å². The summed E-state index contributed by atoms with van der Waals surface area (Å²) < 4.78 is 8.36. The van der Waals surface area contributed by atoms with Crippen molar-refractivity contribution in [2.24, 2.45) is 0 Å². The first kappa shape index (κ1) is 19.5. The SMILES string of the molecule is Cc1cc2c(c(O[C@H]3C[C@@H](n4cc(C)c5c(C)ncnc54)[C@H](O)[C@@H]3O)c1)CCCC2. The lowest BCUT2D eigenvalue weighted by atomic mass is 9.89. The molecular weight excluding hydrogens is 378 g/mol. The van der Waals surface area contributed by atoms with Gasteiger partial charge in [-0.2, -0.15) is 0 Å². The molecule has 3 aromatic rings. The molecule has 2 heterocycles. The summed E-state index contributed by atoms with van der Waals surface area (Å²) in [5.74, 6) is 0.869. The molecule has 1 fully saturated rings. The van der Waals surface area contributed by atoms with Gasteiger partial charge in [0.05, 0.1) is 11.7 Å². The van der Waals surface area contributed by atoms with Gasteiger partial charge in [-0.05, 0) is 74.8 Å². The van der Waals surface area contributed by atoms with Crippen molar-refractivity contribution in [3.05, 3.63) is 52.6 Å². The van der Waals surface area contributed by atoms with Crippen molar-refractivity contribution in [2.75, 3.05) is 0 Å². The van der Waals surface area contributed by atoms with Crippen molar-refractivity contribution in [1.82, 2.24) is 14.5 Å². The van der Waals surface area contributed by atoms with Crippen LogP contribution in [0.15, 0.2) is 24.7 Å². The van der Waals surface area contributed by atoms with Gasteiger partial charge in [-0.15, -0.1) is 0 Å². The zero-order chi connectivity index (χ0) is 21.0. The lowest BCUT2D eigenvalue weighted by molar-refractivity contribution is -0.0166. The average molecular weight is 408 g/mol. The van der Waals surface area contributed by atoms with E-state index < -0.39 is 18.3 Å². The Labute approximate surface area is 176 Å². The number of aliphatic hydroxyl groups is 2. The second-order valence-electron chi connectivity index (χ2n) is 8.93. The first-order chi connectivity index (χ1) is 14.4. The highest BCUT2D eigenvalue weighted by Gasteiger charge is 2.45. The molecule has 2 N–H and O–H groups in total. The van der Waals surface area contributed by atoms with E-state index >= 15 is 0 Å². The number of benzene rings is 1. The van der Waals surface area contributed by atoms with Crippen molar-refractivity contribution in [2.45, 2.75) is 77.2 Å². The maximum absolute atomic E-state index is 10.9. The average Bonchev–Trinajstić information content (AvgIpc) is 3.20. The molecule has 2 aliphatic rings. The van der Waals surface area contributed by atoms with Gasteiger partial charge in [0.1, 0.15) is 36.0 Å². The molecular formula is C24H29N3O3. The molecule has 30 heavy (non-hydrogen) atoms. The van der Waals surface area contributed by atoms with Crippen LogP contribution in [0.25, 0.3) is 11.0 Å². The molecule has 0 unspecified atom stereocenters. The summed E-state index contributed by atoms with van der Waals surface area (Å²) in [6, 6.07) is 4.03. The van der Waals surface area contributed by atoms with Crippen LogP contribution in [0.4, 0.5) is 0 Å². The second-order valence-corrected chi connectivity index (χ2v) is 8.93. The summed E-state index contributed by atoms with van der Waals surface area (Å²) in [7, 11) is 0. The van der Waals surface area contributed by atoms with E-state index in [2.05, 4.69) is 29.0 Å². The van der Waals surface area contributed by atoms with Crippen LogP contribution in [0.1, 0.15) is 53.3 Å². The number of aromatic nitrogens is 3. The van der Waals surface area contributed by atoms with Crippen LogP contribution in [-0.2, 0) is 12.8 Å². The summed E-state index contributed by atoms with van der Waals surface area (Å²) in [6.07, 6.45) is 6.23. The smallest absolute Gasteiger partial charge is 0.144 e. The van der Waals surface area contributed by atoms with Crippen molar-refractivity contribution >= 4 is 11.0 Å². The second kappa shape index (κ2) is 7.36. The zero-order valence-corrected chi connectivity index (χ0v) is 17.8. The van der Waals surface area contributed by atoms with Crippen molar-refractivity contribution in [3.63, 3.8) is 0 Å². The third-order valence-corrected chi connectivity index (χ3v) is 6.79. The van der Waals surface area contributed by atoms with Crippen LogP contribution in [0, 0.1) is 20.8 Å². The number of aliphatic hydroxyl groups excluding tert-OH is 2. The van der Waals surface area contributed by atoms with Crippen LogP contribution >= 0.6 is 0 Å². The van der Waals surface area contributed by atoms with Gasteiger partial charge in [-0.3, -0.25) is 0 Å². The summed E-state index contributed by atoms with van der Waals surface area (Å²) in [4.78, 5) is 8.76. The topological polar surface area (TPSA) is 80.4 Å². The number of hydrogen-bond acceptors (Lipinski definition) is 5. The van der Waals surface area contributed by atoms with Crippen LogP contribution < -0.4 is 4.74 Å². The first-order valence-corrected chi connectivity index (χ1v) is 10.9. The van der Waals surface area contributed by atoms with Gasteiger partial charge in [0.25, 0.3) is 0 Å². The quantitative estimate of drug-likeness (QED) is 0.696. The zero-order valence-electron chi connectivity index (χ0n) is 17.8. The molecule has 1 saturated carbocycles. The summed E-state index contributed by atoms with van der Waals surface area (Å²) in [5.41, 5.74) is 6.59. The molecule has 158 valence electrons. The molecule has 0 aliphatic heterocycles. The lowest BCUT2D eigenvalue weighted by Crippen LogP contribution is -2.34. The fourth-order valence-corrected chi connectivity index (χ4v) is 5.31. The van der Waals surface area contributed by atoms with E-state index in [9.17, 15) is 10.2 Å². The van der Waals surface area contributed by atoms with E-state index in [0.717, 1.165) is 40.9 Å². The largest absolute Gasteiger partial charge is 0.487 e. The highest BCUT2D eigenvalue weighted by atomic mass is 16.5. The Morgan fingerprint density at radius 2 is 1.83 bits per heavy atom. The Morgan fingerprint density at radius 3 is 2.67 bits per heavy atom. The standard InChI is InChI=1S/C24H29N3O3/c1-13-8-16-6-4-5-7-17(16)19(9-13)30-20-10-18(22(28)23(20)29)27-11-14(2)21-15(3)25-12-26-24(21)27/h8-9,11-12,18,20,22-23,28-29H,4-7,10H2,1-3H3/t18-,20+,22+,23-/m1/s1. The summed E-state index contributed by atoms with van der Waals surface area (Å²) in [5, 5.41) is 22.7. The molecule has 5 rings (SSSR count). The molecule has 0 saturated heterocycles. The molecule has 1 aromatic carbocycles. The van der Waals surface area contributed by atoms with Gasteiger partial charge in [0.15, 0.2) is 0 Å². The van der Waals surface area contributed by atoms with Crippen molar-refractivity contribution in [3.8, 4) is 5.75 Å². The number of rotatable bonds is 3. The Kier molecular flexibility index (Phi) is 4.79. The third-order valence-electron chi connectivity index (χ3n) is 6.79. The maximum Gasteiger partial charge on any atom is 0.144 e. The fraction of sp³-hybridized carbons (Fsp3) is 0.500. The third kappa shape index (κ3) is 3.10. The highest BCUT2D eigenvalue weighted by molar-refractivity contribution is 5.82.